The van der Waals surface area contributed by atoms with Crippen molar-refractivity contribution in [2.24, 2.45) is 0 Å². The molecule has 8 heteroatoms. The van der Waals surface area contributed by atoms with E-state index in [1.165, 1.54) is 6.07 Å². The van der Waals surface area contributed by atoms with E-state index >= 15 is 0 Å². The van der Waals surface area contributed by atoms with Crippen molar-refractivity contribution in [3.8, 4) is 48.0 Å². The lowest BCUT2D eigenvalue weighted by Crippen LogP contribution is -1.97. The van der Waals surface area contributed by atoms with Gasteiger partial charge in [0.05, 0.1) is 0 Å². The van der Waals surface area contributed by atoms with E-state index < -0.39 is 0 Å². The molecule has 0 aliphatic carbocycles. The number of aryl methyl sites for hydroxylation is 4. The van der Waals surface area contributed by atoms with Crippen LogP contribution in [0.2, 0.25) is 0 Å². The summed E-state index contributed by atoms with van der Waals surface area (Å²) < 4.78 is 19.6. The first-order valence-electron chi connectivity index (χ1n) is 11.8. The molecule has 0 saturated heterocycles. The van der Waals surface area contributed by atoms with Crippen molar-refractivity contribution in [3.63, 3.8) is 0 Å². The average Bonchev–Trinajstić information content (AvgIpc) is 2.89. The molecule has 0 unspecified atom stereocenters. The first-order chi connectivity index (χ1) is 18.8. The number of benzene rings is 4. The van der Waals surface area contributed by atoms with Gasteiger partial charge in [0.15, 0.2) is 5.75 Å². The summed E-state index contributed by atoms with van der Waals surface area (Å²) in [5.41, 5.74) is 6.08. The Balaban J connectivity index is 0.000000230. The van der Waals surface area contributed by atoms with Crippen molar-refractivity contribution in [3.05, 3.63) is 94.0 Å². The van der Waals surface area contributed by atoms with Crippen molar-refractivity contribution >= 4 is 10.8 Å². The minimum absolute atomic E-state index is 0.353. The van der Waals surface area contributed by atoms with Gasteiger partial charge in [0, 0.05) is 11.5 Å². The molecule has 0 heterocycles. The first-order valence-corrected chi connectivity index (χ1v) is 11.8. The summed E-state index contributed by atoms with van der Waals surface area (Å²) in [6.45, 7) is 7.74. The Hall–Kier alpha value is -5.70. The second kappa shape index (κ2) is 13.0. The van der Waals surface area contributed by atoms with E-state index in [9.17, 15) is 0 Å². The number of hydrogen-bond donors (Lipinski definition) is 0. The van der Waals surface area contributed by atoms with Gasteiger partial charge in [0.1, 0.15) is 17.2 Å². The van der Waals surface area contributed by atoms with Crippen molar-refractivity contribution in [1.29, 1.82) is 21.0 Å². The smallest absolute Gasteiger partial charge is 0.292 e. The number of hydrogen-bond acceptors (Lipinski definition) is 8. The minimum atomic E-state index is 0.353. The van der Waals surface area contributed by atoms with Gasteiger partial charge >= 0.3 is 0 Å². The number of fused-ring (bicyclic) bond motifs is 1. The van der Waals surface area contributed by atoms with Crippen molar-refractivity contribution in [1.82, 2.24) is 0 Å². The fourth-order valence-electron chi connectivity index (χ4n) is 4.43. The van der Waals surface area contributed by atoms with Gasteiger partial charge in [-0.15, -0.1) is 21.0 Å². The minimum Gasteiger partial charge on any atom is -0.388 e. The van der Waals surface area contributed by atoms with Crippen LogP contribution < -0.4 is 18.9 Å². The average molecular weight is 517 g/mol. The molecule has 4 aromatic carbocycles. The summed E-state index contributed by atoms with van der Waals surface area (Å²) in [4.78, 5) is 0. The third kappa shape index (κ3) is 6.95. The predicted octanol–water partition coefficient (Wildman–Crippen LogP) is 6.79. The van der Waals surface area contributed by atoms with Crippen LogP contribution in [-0.4, -0.2) is 0 Å². The second-order valence-electron chi connectivity index (χ2n) is 8.71. The fraction of sp³-hybridized carbons (Fsp3) is 0.161. The normalized spacial score (nSPS) is 9.54. The summed E-state index contributed by atoms with van der Waals surface area (Å²) in [5, 5.41) is 36.0. The van der Waals surface area contributed by atoms with Gasteiger partial charge < -0.3 is 18.9 Å². The highest BCUT2D eigenvalue weighted by Crippen LogP contribution is 2.31. The van der Waals surface area contributed by atoms with Crippen LogP contribution in [0.3, 0.4) is 0 Å². The van der Waals surface area contributed by atoms with Crippen LogP contribution in [0.5, 0.6) is 23.0 Å². The molecule has 39 heavy (non-hydrogen) atoms. The maximum Gasteiger partial charge on any atom is 0.292 e. The van der Waals surface area contributed by atoms with E-state index in [-0.39, 0.29) is 0 Å². The highest BCUT2D eigenvalue weighted by molar-refractivity contribution is 5.89. The van der Waals surface area contributed by atoms with Gasteiger partial charge in [0.25, 0.3) is 25.0 Å². The van der Waals surface area contributed by atoms with Gasteiger partial charge in [-0.1, -0.05) is 48.5 Å². The number of ether oxygens (including phenoxy) is 4. The maximum atomic E-state index is 8.70. The Bertz CT molecular complexity index is 1570. The molecular weight excluding hydrogens is 492 g/mol. The van der Waals surface area contributed by atoms with Gasteiger partial charge in [-0.2, -0.15) is 0 Å². The van der Waals surface area contributed by atoms with Crippen LogP contribution in [-0.2, 0) is 6.42 Å². The summed E-state index contributed by atoms with van der Waals surface area (Å²) >= 11 is 0. The molecule has 8 nitrogen and oxygen atoms in total. The van der Waals surface area contributed by atoms with Crippen molar-refractivity contribution in [2.75, 3.05) is 0 Å². The first kappa shape index (κ1) is 27.9. The number of rotatable bonds is 6. The van der Waals surface area contributed by atoms with Crippen LogP contribution >= 0.6 is 0 Å². The summed E-state index contributed by atoms with van der Waals surface area (Å²) in [5.74, 6) is 1.99. The Morgan fingerprint density at radius 2 is 1.03 bits per heavy atom. The van der Waals surface area contributed by atoms with Crippen LogP contribution in [0.1, 0.15) is 33.4 Å². The zero-order valence-corrected chi connectivity index (χ0v) is 21.9. The summed E-state index contributed by atoms with van der Waals surface area (Å²) in [7, 11) is 0. The molecule has 0 aliphatic heterocycles. The molecule has 0 fully saturated rings. The monoisotopic (exact) mass is 516 g/mol. The molecular formula is C31H24N4O4. The van der Waals surface area contributed by atoms with Gasteiger partial charge in [-0.25, -0.2) is 0 Å². The summed E-state index contributed by atoms with van der Waals surface area (Å²) in [6.07, 6.45) is 7.41. The van der Waals surface area contributed by atoms with Crippen molar-refractivity contribution < 1.29 is 18.9 Å². The van der Waals surface area contributed by atoms with E-state index in [1.807, 2.05) is 76.2 Å². The maximum absolute atomic E-state index is 8.70. The lowest BCUT2D eigenvalue weighted by molar-refractivity contribution is 0.488. The van der Waals surface area contributed by atoms with E-state index in [4.69, 9.17) is 40.0 Å². The third-order valence-corrected chi connectivity index (χ3v) is 5.86. The Kier molecular flexibility index (Phi) is 9.31. The van der Waals surface area contributed by atoms with Crippen molar-refractivity contribution in [2.45, 2.75) is 34.1 Å². The Morgan fingerprint density at radius 3 is 1.49 bits per heavy atom. The third-order valence-electron chi connectivity index (χ3n) is 5.86. The zero-order chi connectivity index (χ0) is 28.4. The van der Waals surface area contributed by atoms with Gasteiger partial charge in [-0.3, -0.25) is 0 Å². The lowest BCUT2D eigenvalue weighted by atomic mass is 9.97. The highest BCUT2D eigenvalue weighted by Gasteiger charge is 2.11. The van der Waals surface area contributed by atoms with Crippen LogP contribution in [0.4, 0.5) is 0 Å². The van der Waals surface area contributed by atoms with E-state index in [2.05, 4.69) is 0 Å². The highest BCUT2D eigenvalue weighted by atomic mass is 16.5. The van der Waals surface area contributed by atoms with E-state index in [0.29, 0.717) is 23.0 Å². The fourth-order valence-corrected chi connectivity index (χ4v) is 4.43. The standard InChI is InChI=1S/C19H18N2O2.C12H6N2O2/c1-12-5-16(6-13(2)18(12)22-10-20)9-17-7-14(3)19(23-11-21)15(4)8-17;13-7-15-10-5-9-3-1-2-4-11(9)12(6-10)16-8-14/h5-8H,9H2,1-4H3;1-6H. The molecule has 0 amide bonds. The predicted molar refractivity (Wildman–Crippen MR) is 144 cm³/mol. The zero-order valence-electron chi connectivity index (χ0n) is 21.9. The second-order valence-corrected chi connectivity index (χ2v) is 8.71. The molecule has 0 aromatic heterocycles. The molecule has 0 atom stereocenters. The molecule has 0 saturated carbocycles. The molecule has 0 spiro atoms. The van der Waals surface area contributed by atoms with E-state index in [1.54, 1.807) is 31.1 Å². The van der Waals surface area contributed by atoms with E-state index in [0.717, 1.165) is 50.6 Å². The van der Waals surface area contributed by atoms with Crippen LogP contribution in [0, 0.1) is 73.8 Å². The topological polar surface area (TPSA) is 132 Å². The molecule has 0 aliphatic rings. The molecule has 0 bridgehead atoms. The molecule has 192 valence electrons. The Labute approximate surface area is 227 Å². The van der Waals surface area contributed by atoms with Crippen LogP contribution in [0.15, 0.2) is 60.7 Å². The van der Waals surface area contributed by atoms with Gasteiger partial charge in [-0.05, 0) is 78.9 Å². The van der Waals surface area contributed by atoms with Gasteiger partial charge in [0.2, 0.25) is 0 Å². The number of nitriles is 4. The lowest BCUT2D eigenvalue weighted by Gasteiger charge is -2.12. The Morgan fingerprint density at radius 1 is 0.564 bits per heavy atom. The molecule has 4 rings (SSSR count). The number of nitrogens with zero attached hydrogens (tertiary/aromatic N) is 4. The van der Waals surface area contributed by atoms with Crippen LogP contribution in [0.25, 0.3) is 10.8 Å². The quantitative estimate of drug-likeness (QED) is 0.256. The summed E-state index contributed by atoms with van der Waals surface area (Å²) in [6, 6.07) is 18.7. The largest absolute Gasteiger partial charge is 0.388 e. The molecule has 4 aromatic rings. The molecule has 0 radical (unpaired) electrons. The SMILES string of the molecule is Cc1cc(Cc2cc(C)c(OC#N)c(C)c2)cc(C)c1OC#N.N#COc1cc(OC#N)c2ccccc2c1. The molecule has 0 N–H and O–H groups in total.